The Kier molecular flexibility index (Phi) is 7.09. The van der Waals surface area contributed by atoms with Gasteiger partial charge in [-0.3, -0.25) is 19.4 Å². The van der Waals surface area contributed by atoms with Crippen molar-refractivity contribution in [3.05, 3.63) is 82.3 Å². The van der Waals surface area contributed by atoms with Crippen molar-refractivity contribution in [2.75, 3.05) is 25.7 Å². The molecule has 3 atom stereocenters. The van der Waals surface area contributed by atoms with Crippen molar-refractivity contribution in [1.29, 1.82) is 0 Å². The van der Waals surface area contributed by atoms with Crippen LogP contribution < -0.4 is 24.5 Å². The molecule has 2 aliphatic heterocycles. The summed E-state index contributed by atoms with van der Waals surface area (Å²) in [6.45, 7) is 2.37. The van der Waals surface area contributed by atoms with E-state index in [-0.39, 0.29) is 0 Å². The smallest absolute Gasteiger partial charge is 0.268 e. The van der Waals surface area contributed by atoms with E-state index in [1.54, 1.807) is 73.8 Å². The van der Waals surface area contributed by atoms with Gasteiger partial charge in [0.2, 0.25) is 5.91 Å². The second kappa shape index (κ2) is 10.5. The number of rotatable bonds is 7. The summed E-state index contributed by atoms with van der Waals surface area (Å²) < 4.78 is 17.1. The lowest BCUT2D eigenvalue weighted by Crippen LogP contribution is -2.48. The quantitative estimate of drug-likeness (QED) is 0.420. The predicted molar refractivity (Wildman–Crippen MR) is 143 cm³/mol. The maximum atomic E-state index is 13.9. The number of nitrogens with one attached hydrogen (secondary N) is 1. The minimum Gasteiger partial charge on any atom is -0.497 e. The molecule has 1 N–H and O–H groups in total. The number of nitrogens with zero attached hydrogens (tertiary/aromatic N) is 2. The zero-order valence-corrected chi connectivity index (χ0v) is 22.6. The van der Waals surface area contributed by atoms with Gasteiger partial charge in [0.15, 0.2) is 0 Å². The minimum atomic E-state index is -1.06. The topological polar surface area (TPSA) is 97.4 Å². The van der Waals surface area contributed by atoms with E-state index in [1.807, 2.05) is 6.92 Å². The zero-order valence-electron chi connectivity index (χ0n) is 21.0. The molecule has 2 heterocycles. The van der Waals surface area contributed by atoms with E-state index in [2.05, 4.69) is 21.4 Å². The molecule has 5 rings (SSSR count). The number of hydrogen-bond acceptors (Lipinski definition) is 7. The fourth-order valence-electron chi connectivity index (χ4n) is 4.98. The molecule has 2 aliphatic rings. The number of carbonyl (C=O) groups excluding carboxylic acids is 3. The molecule has 0 aromatic heterocycles. The van der Waals surface area contributed by atoms with Crippen LogP contribution in [-0.2, 0) is 9.59 Å². The monoisotopic (exact) mass is 579 g/mol. The van der Waals surface area contributed by atoms with Crippen LogP contribution in [0.1, 0.15) is 28.9 Å². The summed E-state index contributed by atoms with van der Waals surface area (Å²) in [7, 11) is 3.06. The first-order chi connectivity index (χ1) is 18.4. The molecule has 0 saturated carbocycles. The summed E-state index contributed by atoms with van der Waals surface area (Å²) in [6.07, 6.45) is 0. The molecule has 2 fully saturated rings. The van der Waals surface area contributed by atoms with Crippen molar-refractivity contribution in [3.63, 3.8) is 0 Å². The van der Waals surface area contributed by atoms with E-state index in [4.69, 9.17) is 14.2 Å². The van der Waals surface area contributed by atoms with E-state index < -0.39 is 35.7 Å². The lowest BCUT2D eigenvalue weighted by Gasteiger charge is -2.26. The maximum Gasteiger partial charge on any atom is 0.268 e. The van der Waals surface area contributed by atoms with Gasteiger partial charge >= 0.3 is 0 Å². The summed E-state index contributed by atoms with van der Waals surface area (Å²) >= 11 is 3.40. The second-order valence-corrected chi connectivity index (χ2v) is 9.73. The Balaban J connectivity index is 1.58. The number of halogens is 1. The number of methoxy groups -OCH3 is 2. The number of amides is 3. The Hall–Kier alpha value is -3.89. The molecule has 3 aromatic rings. The van der Waals surface area contributed by atoms with Crippen LogP contribution in [0.25, 0.3) is 0 Å². The highest BCUT2D eigenvalue weighted by Gasteiger charge is 2.60. The number of carbonyl (C=O) groups is 3. The number of benzene rings is 3. The normalized spacial score (nSPS) is 20.5. The van der Waals surface area contributed by atoms with Crippen LogP contribution in [0.3, 0.4) is 0 Å². The van der Waals surface area contributed by atoms with Crippen LogP contribution in [0.2, 0.25) is 0 Å². The highest BCUT2D eigenvalue weighted by Crippen LogP contribution is 2.45. The van der Waals surface area contributed by atoms with Crippen molar-refractivity contribution >= 4 is 39.3 Å². The molecular weight excluding hydrogens is 554 g/mol. The van der Waals surface area contributed by atoms with E-state index in [9.17, 15) is 14.4 Å². The fourth-order valence-corrected chi connectivity index (χ4v) is 5.38. The Morgan fingerprint density at radius 1 is 0.947 bits per heavy atom. The Morgan fingerprint density at radius 2 is 1.68 bits per heavy atom. The Bertz CT molecular complexity index is 1400. The van der Waals surface area contributed by atoms with Gasteiger partial charge in [-0.2, -0.15) is 0 Å². The van der Waals surface area contributed by atoms with E-state index in [0.717, 1.165) is 9.37 Å². The van der Waals surface area contributed by atoms with Crippen molar-refractivity contribution in [1.82, 2.24) is 10.4 Å². The van der Waals surface area contributed by atoms with Gasteiger partial charge in [0, 0.05) is 21.7 Å². The molecule has 0 bridgehead atoms. The third-order valence-electron chi connectivity index (χ3n) is 6.71. The van der Waals surface area contributed by atoms with Crippen LogP contribution in [0, 0.1) is 5.92 Å². The van der Waals surface area contributed by atoms with E-state index >= 15 is 0 Å². The van der Waals surface area contributed by atoms with Gasteiger partial charge in [-0.25, -0.2) is 10.3 Å². The number of ether oxygens (including phenoxy) is 3. The van der Waals surface area contributed by atoms with Crippen molar-refractivity contribution in [2.45, 2.75) is 19.0 Å². The van der Waals surface area contributed by atoms with E-state index in [1.165, 1.54) is 12.1 Å². The number of imide groups is 1. The standard InChI is InChI=1S/C28H26BrN3O6/c1-4-38-19-10-8-18(9-11-19)31-27(34)23-24(21-13-12-20(36-2)15-22(21)37-3)30-32(25(23)28(31)35)26(33)16-6-5-7-17(29)14-16/h5-15,23-25,30H,4H2,1-3H3/t23-,24-,25+/m1/s1. The van der Waals surface area contributed by atoms with Crippen molar-refractivity contribution < 1.29 is 28.6 Å². The average Bonchev–Trinajstić information content (AvgIpc) is 3.44. The molecule has 0 aliphatic carbocycles. The first-order valence-corrected chi connectivity index (χ1v) is 12.8. The first kappa shape index (κ1) is 25.7. The summed E-state index contributed by atoms with van der Waals surface area (Å²) in [5.74, 6) is -0.536. The second-order valence-electron chi connectivity index (χ2n) is 8.81. The Labute approximate surface area is 228 Å². The molecule has 38 heavy (non-hydrogen) atoms. The molecule has 0 unspecified atom stereocenters. The van der Waals surface area contributed by atoms with Gasteiger partial charge in [-0.1, -0.05) is 22.0 Å². The van der Waals surface area contributed by atoms with Crippen molar-refractivity contribution in [2.24, 2.45) is 5.92 Å². The third-order valence-corrected chi connectivity index (χ3v) is 7.20. The molecule has 0 spiro atoms. The van der Waals surface area contributed by atoms with E-state index in [0.29, 0.717) is 40.7 Å². The average molecular weight is 580 g/mol. The van der Waals surface area contributed by atoms with Gasteiger partial charge < -0.3 is 14.2 Å². The molecule has 9 nitrogen and oxygen atoms in total. The highest BCUT2D eigenvalue weighted by molar-refractivity contribution is 9.10. The van der Waals surface area contributed by atoms with Crippen LogP contribution in [0.15, 0.2) is 71.2 Å². The highest BCUT2D eigenvalue weighted by atomic mass is 79.9. The van der Waals surface area contributed by atoms with Gasteiger partial charge in [0.05, 0.1) is 38.5 Å². The lowest BCUT2D eigenvalue weighted by molar-refractivity contribution is -0.123. The largest absolute Gasteiger partial charge is 0.497 e. The summed E-state index contributed by atoms with van der Waals surface area (Å²) in [6, 6.07) is 17.1. The van der Waals surface area contributed by atoms with Crippen LogP contribution in [0.5, 0.6) is 17.2 Å². The molecule has 3 amide bonds. The van der Waals surface area contributed by atoms with Gasteiger partial charge in [-0.15, -0.1) is 0 Å². The molecule has 10 heteroatoms. The minimum absolute atomic E-state index is 0.368. The fraction of sp³-hybridized carbons (Fsp3) is 0.250. The lowest BCUT2D eigenvalue weighted by atomic mass is 9.90. The zero-order chi connectivity index (χ0) is 27.0. The number of hydrogen-bond donors (Lipinski definition) is 1. The number of fused-ring (bicyclic) bond motifs is 1. The number of hydrazine groups is 1. The Morgan fingerprint density at radius 3 is 2.34 bits per heavy atom. The predicted octanol–water partition coefficient (Wildman–Crippen LogP) is 4.12. The maximum absolute atomic E-state index is 13.9. The summed E-state index contributed by atoms with van der Waals surface area (Å²) in [4.78, 5) is 42.6. The summed E-state index contributed by atoms with van der Waals surface area (Å²) in [5.41, 5.74) is 4.56. The van der Waals surface area contributed by atoms with Crippen LogP contribution in [-0.4, -0.2) is 49.6 Å². The molecule has 3 aromatic carbocycles. The third kappa shape index (κ3) is 4.39. The van der Waals surface area contributed by atoms with Gasteiger partial charge in [-0.05, 0) is 61.5 Å². The molecular formula is C28H26BrN3O6. The van der Waals surface area contributed by atoms with Gasteiger partial charge in [0.1, 0.15) is 23.3 Å². The molecule has 0 radical (unpaired) electrons. The van der Waals surface area contributed by atoms with Crippen LogP contribution in [0.4, 0.5) is 5.69 Å². The van der Waals surface area contributed by atoms with Crippen molar-refractivity contribution in [3.8, 4) is 17.2 Å². The first-order valence-electron chi connectivity index (χ1n) is 12.1. The molecule has 2 saturated heterocycles. The van der Waals surface area contributed by atoms with Crippen LogP contribution >= 0.6 is 15.9 Å². The molecule has 196 valence electrons. The van der Waals surface area contributed by atoms with Gasteiger partial charge in [0.25, 0.3) is 11.8 Å². The SMILES string of the molecule is CCOc1ccc(N2C(=O)[C@@H]3[C@@H](c4ccc(OC)cc4OC)NN(C(=O)c4cccc(Br)c4)[C@@H]3C2=O)cc1. The number of anilines is 1. The summed E-state index contributed by atoms with van der Waals surface area (Å²) in [5, 5.41) is 1.27.